The van der Waals surface area contributed by atoms with Gasteiger partial charge in [0.25, 0.3) is 11.5 Å². The van der Waals surface area contributed by atoms with Gasteiger partial charge in [-0.1, -0.05) is 12.1 Å². The fourth-order valence-electron chi connectivity index (χ4n) is 3.09. The minimum absolute atomic E-state index is 0. The number of amides is 1. The van der Waals surface area contributed by atoms with Crippen LogP contribution in [0.25, 0.3) is 17.5 Å². The minimum atomic E-state index is -0.986. The zero-order valence-electron chi connectivity index (χ0n) is 15.8. The normalized spacial score (nSPS) is 15.7. The molecule has 1 atom stereocenters. The topological polar surface area (TPSA) is 127 Å². The Bertz CT molecular complexity index is 1290. The minimum Gasteiger partial charge on any atom is -0.466 e. The number of allylic oxidation sites excluding steroid dienone is 1. The van der Waals surface area contributed by atoms with Gasteiger partial charge in [0, 0.05) is 13.1 Å². The summed E-state index contributed by atoms with van der Waals surface area (Å²) in [4.78, 5) is 37.1. The van der Waals surface area contributed by atoms with Crippen molar-refractivity contribution in [3.63, 3.8) is 0 Å². The van der Waals surface area contributed by atoms with Crippen molar-refractivity contribution in [1.29, 1.82) is 5.26 Å². The van der Waals surface area contributed by atoms with E-state index < -0.39 is 29.2 Å². The van der Waals surface area contributed by atoms with Gasteiger partial charge in [0.05, 0.1) is 30.2 Å². The molecule has 0 aliphatic carbocycles. The molecule has 156 valence electrons. The number of aromatic nitrogens is 1. The SMILES string of the molecule is CNC(=O)C1=c2sc(=CC(=O)OC)c(=O)n2C(N)=C(C#N)C1c1cccc(F)c1.Cl. The van der Waals surface area contributed by atoms with E-state index >= 15 is 0 Å². The fraction of sp³-hybridized carbons (Fsp3) is 0.158. The number of hydrogen-bond donors (Lipinski definition) is 2. The lowest BCUT2D eigenvalue weighted by atomic mass is 9.83. The van der Waals surface area contributed by atoms with E-state index in [-0.39, 0.29) is 38.6 Å². The lowest BCUT2D eigenvalue weighted by Crippen LogP contribution is -2.41. The molecule has 1 unspecified atom stereocenters. The van der Waals surface area contributed by atoms with Gasteiger partial charge >= 0.3 is 5.97 Å². The summed E-state index contributed by atoms with van der Waals surface area (Å²) in [6.07, 6.45) is 0.982. The predicted molar refractivity (Wildman–Crippen MR) is 111 cm³/mol. The van der Waals surface area contributed by atoms with Gasteiger partial charge in [-0.05, 0) is 17.7 Å². The summed E-state index contributed by atoms with van der Waals surface area (Å²) in [6, 6.07) is 7.37. The van der Waals surface area contributed by atoms with Crippen LogP contribution in [0, 0.1) is 17.1 Å². The van der Waals surface area contributed by atoms with Gasteiger partial charge in [-0.2, -0.15) is 5.26 Å². The van der Waals surface area contributed by atoms with Crippen LogP contribution in [-0.4, -0.2) is 30.6 Å². The highest BCUT2D eigenvalue weighted by atomic mass is 35.5. The number of nitriles is 1. The summed E-state index contributed by atoms with van der Waals surface area (Å²) in [7, 11) is 2.55. The van der Waals surface area contributed by atoms with Crippen molar-refractivity contribution >= 4 is 53.1 Å². The van der Waals surface area contributed by atoms with Crippen LogP contribution < -0.4 is 25.8 Å². The van der Waals surface area contributed by atoms with Crippen LogP contribution in [0.2, 0.25) is 0 Å². The van der Waals surface area contributed by atoms with E-state index in [1.165, 1.54) is 25.2 Å². The number of ether oxygens (including phenoxy) is 1. The summed E-state index contributed by atoms with van der Waals surface area (Å²) in [6.45, 7) is 0. The molecule has 1 aliphatic rings. The molecule has 1 aliphatic heterocycles. The van der Waals surface area contributed by atoms with Crippen molar-refractivity contribution in [2.75, 3.05) is 14.2 Å². The number of nitrogens with one attached hydrogen (secondary N) is 1. The molecule has 3 rings (SSSR count). The molecule has 0 saturated heterocycles. The third kappa shape index (κ3) is 3.72. The highest BCUT2D eigenvalue weighted by Crippen LogP contribution is 2.36. The van der Waals surface area contributed by atoms with Gasteiger partial charge in [0.2, 0.25) is 0 Å². The Hall–Kier alpha value is -3.42. The number of benzene rings is 1. The molecule has 0 fully saturated rings. The molecule has 0 saturated carbocycles. The molecule has 1 aromatic carbocycles. The second-order valence-electron chi connectivity index (χ2n) is 5.97. The van der Waals surface area contributed by atoms with Crippen LogP contribution in [0.15, 0.2) is 34.6 Å². The van der Waals surface area contributed by atoms with Crippen LogP contribution in [-0.2, 0) is 14.3 Å². The molecular weight excluding hydrogens is 435 g/mol. The second-order valence-corrected chi connectivity index (χ2v) is 7.00. The Balaban J connectivity index is 0.00000320. The largest absolute Gasteiger partial charge is 0.466 e. The molecule has 11 heteroatoms. The predicted octanol–water partition coefficient (Wildman–Crippen LogP) is -0.231. The Morgan fingerprint density at radius 1 is 1.43 bits per heavy atom. The lowest BCUT2D eigenvalue weighted by molar-refractivity contribution is -0.133. The molecular formula is C19H16ClFN4O4S. The number of carbonyl (C=O) groups excluding carboxylic acids is 2. The summed E-state index contributed by atoms with van der Waals surface area (Å²) >= 11 is 0.855. The number of carbonyl (C=O) groups is 2. The van der Waals surface area contributed by atoms with Crippen molar-refractivity contribution in [3.05, 3.63) is 60.8 Å². The highest BCUT2D eigenvalue weighted by Gasteiger charge is 2.35. The van der Waals surface area contributed by atoms with E-state index in [2.05, 4.69) is 10.1 Å². The zero-order valence-corrected chi connectivity index (χ0v) is 17.4. The maximum Gasteiger partial charge on any atom is 0.332 e. The van der Waals surface area contributed by atoms with E-state index in [1.807, 2.05) is 6.07 Å². The van der Waals surface area contributed by atoms with Crippen molar-refractivity contribution in [1.82, 2.24) is 9.88 Å². The van der Waals surface area contributed by atoms with Gasteiger partial charge in [-0.3, -0.25) is 14.2 Å². The maximum absolute atomic E-state index is 13.9. The van der Waals surface area contributed by atoms with Crippen LogP contribution in [0.5, 0.6) is 0 Å². The number of nitrogens with zero attached hydrogens (tertiary/aromatic N) is 2. The van der Waals surface area contributed by atoms with Gasteiger partial charge in [0.1, 0.15) is 20.8 Å². The molecule has 30 heavy (non-hydrogen) atoms. The van der Waals surface area contributed by atoms with Crippen molar-refractivity contribution in [2.45, 2.75) is 5.92 Å². The number of nitrogens with two attached hydrogens (primary N) is 1. The van der Waals surface area contributed by atoms with Crippen molar-refractivity contribution < 1.29 is 18.7 Å². The van der Waals surface area contributed by atoms with Crippen molar-refractivity contribution in [2.24, 2.45) is 5.73 Å². The number of methoxy groups -OCH3 is 1. The average molecular weight is 451 g/mol. The van der Waals surface area contributed by atoms with Crippen LogP contribution in [0.1, 0.15) is 11.5 Å². The van der Waals surface area contributed by atoms with Gasteiger partial charge < -0.3 is 15.8 Å². The van der Waals surface area contributed by atoms with Crippen LogP contribution >= 0.6 is 23.7 Å². The van der Waals surface area contributed by atoms with Crippen LogP contribution in [0.3, 0.4) is 0 Å². The van der Waals surface area contributed by atoms with Crippen molar-refractivity contribution in [3.8, 4) is 6.07 Å². The molecule has 8 nitrogen and oxygen atoms in total. The average Bonchev–Trinajstić information content (AvgIpc) is 3.03. The molecule has 3 N–H and O–H groups in total. The summed E-state index contributed by atoms with van der Waals surface area (Å²) < 4.78 is 19.5. The molecule has 1 amide bonds. The molecule has 0 spiro atoms. The van der Waals surface area contributed by atoms with E-state index in [0.717, 1.165) is 29.1 Å². The number of rotatable bonds is 3. The third-order valence-electron chi connectivity index (χ3n) is 4.37. The monoisotopic (exact) mass is 450 g/mol. The number of fused-ring (bicyclic) bond motifs is 1. The Kier molecular flexibility index (Phi) is 6.81. The van der Waals surface area contributed by atoms with Gasteiger partial charge in [-0.25, -0.2) is 9.18 Å². The van der Waals surface area contributed by atoms with E-state index in [9.17, 15) is 24.0 Å². The molecule has 2 aromatic rings. The fourth-order valence-corrected chi connectivity index (χ4v) is 4.22. The smallest absolute Gasteiger partial charge is 0.332 e. The number of thiazole rings is 1. The van der Waals surface area contributed by atoms with E-state index in [4.69, 9.17) is 5.73 Å². The maximum atomic E-state index is 13.9. The first-order chi connectivity index (χ1) is 13.8. The Labute approximate surface area is 179 Å². The quantitative estimate of drug-likeness (QED) is 0.622. The number of esters is 1. The summed E-state index contributed by atoms with van der Waals surface area (Å²) in [5, 5.41) is 12.2. The van der Waals surface area contributed by atoms with E-state index in [1.54, 1.807) is 6.07 Å². The Morgan fingerprint density at radius 3 is 2.70 bits per heavy atom. The standard InChI is InChI=1S/C19H15FN4O4S.ClH/c1-23-17(26)15-14(9-4-3-5-10(20)6-9)11(8-21)16(22)24-18(27)12(29-19(15)24)7-13(25)28-2;/h3-7,14H,22H2,1-2H3,(H,23,26);1H. The third-order valence-corrected chi connectivity index (χ3v) is 5.48. The van der Waals surface area contributed by atoms with Gasteiger partial charge in [0.15, 0.2) is 0 Å². The first-order valence-electron chi connectivity index (χ1n) is 8.27. The molecule has 0 radical (unpaired) electrons. The highest BCUT2D eigenvalue weighted by molar-refractivity contribution is 7.07. The number of halogens is 2. The first-order valence-corrected chi connectivity index (χ1v) is 9.09. The summed E-state index contributed by atoms with van der Waals surface area (Å²) in [5.41, 5.74) is 5.74. The zero-order chi connectivity index (χ0) is 21.3. The Morgan fingerprint density at radius 2 is 2.13 bits per heavy atom. The summed E-state index contributed by atoms with van der Waals surface area (Å²) in [5.74, 6) is -3.05. The van der Waals surface area contributed by atoms with Crippen LogP contribution in [0.4, 0.5) is 4.39 Å². The van der Waals surface area contributed by atoms with Gasteiger partial charge in [-0.15, -0.1) is 23.7 Å². The molecule has 1 aromatic heterocycles. The second kappa shape index (κ2) is 8.94. The van der Waals surface area contributed by atoms with E-state index in [0.29, 0.717) is 5.56 Å². The lowest BCUT2D eigenvalue weighted by Gasteiger charge is -2.24. The molecule has 0 bridgehead atoms. The first kappa shape index (κ1) is 22.9. The number of hydrogen-bond acceptors (Lipinski definition) is 7. The molecule has 2 heterocycles.